The van der Waals surface area contributed by atoms with E-state index in [1.807, 2.05) is 0 Å². The fourth-order valence-electron chi connectivity index (χ4n) is 2.00. The van der Waals surface area contributed by atoms with Gasteiger partial charge in [0, 0.05) is 0 Å². The Labute approximate surface area is 94.8 Å². The van der Waals surface area contributed by atoms with E-state index >= 15 is 0 Å². The van der Waals surface area contributed by atoms with E-state index < -0.39 is 0 Å². The van der Waals surface area contributed by atoms with Gasteiger partial charge in [-0.1, -0.05) is 49.8 Å². The molecule has 84 valence electrons. The molecule has 0 saturated carbocycles. The van der Waals surface area contributed by atoms with Crippen LogP contribution in [0, 0.1) is 11.8 Å². The molecule has 0 spiro atoms. The third-order valence-corrected chi connectivity index (χ3v) is 3.27. The summed E-state index contributed by atoms with van der Waals surface area (Å²) in [7, 11) is 0. The summed E-state index contributed by atoms with van der Waals surface area (Å²) < 4.78 is 0. The van der Waals surface area contributed by atoms with Crippen LogP contribution in [-0.4, -0.2) is 0 Å². The summed E-state index contributed by atoms with van der Waals surface area (Å²) in [6, 6.07) is 0. The second-order valence-electron chi connectivity index (χ2n) is 5.05. The molecule has 1 aliphatic rings. The van der Waals surface area contributed by atoms with E-state index in [9.17, 15) is 0 Å². The molecule has 1 rings (SSSR count). The molecule has 0 bridgehead atoms. The highest BCUT2D eigenvalue weighted by Gasteiger charge is 2.10. The van der Waals surface area contributed by atoms with E-state index in [0.29, 0.717) is 5.92 Å². The molecule has 0 saturated heterocycles. The van der Waals surface area contributed by atoms with Crippen LogP contribution >= 0.6 is 0 Å². The fourth-order valence-corrected chi connectivity index (χ4v) is 2.00. The van der Waals surface area contributed by atoms with Gasteiger partial charge >= 0.3 is 0 Å². The number of hydrogen-bond donors (Lipinski definition) is 0. The topological polar surface area (TPSA) is 0 Å². The van der Waals surface area contributed by atoms with Crippen molar-refractivity contribution in [2.24, 2.45) is 11.8 Å². The molecule has 0 radical (unpaired) electrons. The van der Waals surface area contributed by atoms with Crippen molar-refractivity contribution < 1.29 is 0 Å². The lowest BCUT2D eigenvalue weighted by molar-refractivity contribution is 0.435. The van der Waals surface area contributed by atoms with Crippen molar-refractivity contribution in [2.75, 3.05) is 0 Å². The zero-order chi connectivity index (χ0) is 11.3. The molecule has 0 aliphatic heterocycles. The lowest BCUT2D eigenvalue weighted by Crippen LogP contribution is -2.06. The monoisotopic (exact) mass is 204 g/mol. The number of hydrogen-bond acceptors (Lipinski definition) is 0. The summed E-state index contributed by atoms with van der Waals surface area (Å²) >= 11 is 0. The van der Waals surface area contributed by atoms with Gasteiger partial charge in [-0.05, 0) is 44.4 Å². The van der Waals surface area contributed by atoms with E-state index in [-0.39, 0.29) is 0 Å². The van der Waals surface area contributed by atoms with Gasteiger partial charge < -0.3 is 0 Å². The first-order chi connectivity index (χ1) is 7.09. The maximum atomic E-state index is 4.09. The van der Waals surface area contributed by atoms with Crippen molar-refractivity contribution in [1.82, 2.24) is 0 Å². The van der Waals surface area contributed by atoms with Crippen molar-refractivity contribution in [3.63, 3.8) is 0 Å². The molecule has 1 aliphatic carbocycles. The minimum atomic E-state index is 0.711. The second-order valence-corrected chi connectivity index (χ2v) is 5.05. The Morgan fingerprint density at radius 2 is 2.07 bits per heavy atom. The molecule has 0 heterocycles. The summed E-state index contributed by atoms with van der Waals surface area (Å²) in [5.74, 6) is 1.45. The highest BCUT2D eigenvalue weighted by atomic mass is 14.2. The van der Waals surface area contributed by atoms with Crippen LogP contribution in [-0.2, 0) is 0 Å². The Morgan fingerprint density at radius 3 is 2.73 bits per heavy atom. The Bertz CT molecular complexity index is 266. The largest absolute Gasteiger partial charge is 0.0958 e. The highest BCUT2D eigenvalue weighted by Crippen LogP contribution is 2.24. The number of allylic oxidation sites excluding steroid dienone is 5. The third-order valence-electron chi connectivity index (χ3n) is 3.27. The lowest BCUT2D eigenvalue weighted by Gasteiger charge is -2.18. The second kappa shape index (κ2) is 5.95. The first kappa shape index (κ1) is 12.3. The first-order valence-electron chi connectivity index (χ1n) is 6.11. The predicted molar refractivity (Wildman–Crippen MR) is 68.8 cm³/mol. The van der Waals surface area contributed by atoms with Gasteiger partial charge in [-0.25, -0.2) is 0 Å². The molecule has 0 nitrogen and oxygen atoms in total. The standard InChI is InChI=1S/C15H24/c1-12(2)15-10-8-13(3)6-5-7-14(4)9-11-15/h7-8,10,12,15H,3,5-6,9,11H2,1-2,4H3/b10-8+,14-7-/t15-/m0/s1. The smallest absolute Gasteiger partial charge is 0.0204 e. The van der Waals surface area contributed by atoms with Crippen LogP contribution in [0.4, 0.5) is 0 Å². The molecule has 0 fully saturated rings. The van der Waals surface area contributed by atoms with Crippen molar-refractivity contribution >= 4 is 0 Å². The van der Waals surface area contributed by atoms with Crippen LogP contribution in [0.3, 0.4) is 0 Å². The van der Waals surface area contributed by atoms with E-state index in [4.69, 9.17) is 0 Å². The van der Waals surface area contributed by atoms with Crippen LogP contribution in [0.2, 0.25) is 0 Å². The summed E-state index contributed by atoms with van der Waals surface area (Å²) in [4.78, 5) is 0. The van der Waals surface area contributed by atoms with Gasteiger partial charge in [0.15, 0.2) is 0 Å². The van der Waals surface area contributed by atoms with Gasteiger partial charge in [0.25, 0.3) is 0 Å². The molecule has 0 aromatic heterocycles. The summed E-state index contributed by atoms with van der Waals surface area (Å²) in [6.07, 6.45) is 11.8. The van der Waals surface area contributed by atoms with Crippen LogP contribution in [0.5, 0.6) is 0 Å². The predicted octanol–water partition coefficient (Wildman–Crippen LogP) is 4.89. The van der Waals surface area contributed by atoms with Crippen LogP contribution in [0.15, 0.2) is 36.0 Å². The van der Waals surface area contributed by atoms with Gasteiger partial charge in [0.05, 0.1) is 0 Å². The summed E-state index contributed by atoms with van der Waals surface area (Å²) in [5.41, 5.74) is 2.82. The average molecular weight is 204 g/mol. The van der Waals surface area contributed by atoms with Gasteiger partial charge in [-0.2, -0.15) is 0 Å². The van der Waals surface area contributed by atoms with Gasteiger partial charge in [-0.3, -0.25) is 0 Å². The van der Waals surface area contributed by atoms with Gasteiger partial charge in [0.2, 0.25) is 0 Å². The molecular formula is C15H24. The van der Waals surface area contributed by atoms with E-state index in [2.05, 4.69) is 45.6 Å². The fraction of sp³-hybridized carbons (Fsp3) is 0.600. The molecular weight excluding hydrogens is 180 g/mol. The Kier molecular flexibility index (Phi) is 4.87. The average Bonchev–Trinajstić information content (AvgIpc) is 2.16. The van der Waals surface area contributed by atoms with E-state index in [1.165, 1.54) is 18.4 Å². The third kappa shape index (κ3) is 4.51. The summed E-state index contributed by atoms with van der Waals surface area (Å²) in [5, 5.41) is 0. The Balaban J connectivity index is 2.70. The van der Waals surface area contributed by atoms with E-state index in [1.54, 1.807) is 5.57 Å². The molecule has 0 N–H and O–H groups in total. The molecule has 0 unspecified atom stereocenters. The van der Waals surface area contributed by atoms with Crippen molar-refractivity contribution in [3.8, 4) is 0 Å². The normalized spacial score (nSPS) is 29.7. The van der Waals surface area contributed by atoms with Crippen molar-refractivity contribution in [2.45, 2.75) is 46.5 Å². The van der Waals surface area contributed by atoms with Gasteiger partial charge in [0.1, 0.15) is 0 Å². The lowest BCUT2D eigenvalue weighted by atomic mass is 9.88. The quantitative estimate of drug-likeness (QED) is 0.533. The molecule has 0 aromatic carbocycles. The molecule has 15 heavy (non-hydrogen) atoms. The summed E-state index contributed by atoms with van der Waals surface area (Å²) in [6.45, 7) is 11.0. The SMILES string of the molecule is C=C1/C=C/[C@H](C(C)C)CC/C(C)=C\CC1. The Hall–Kier alpha value is -0.780. The Morgan fingerprint density at radius 1 is 1.33 bits per heavy atom. The minimum absolute atomic E-state index is 0.711. The zero-order valence-corrected chi connectivity index (χ0v) is 10.4. The zero-order valence-electron chi connectivity index (χ0n) is 10.4. The maximum Gasteiger partial charge on any atom is -0.0204 e. The van der Waals surface area contributed by atoms with Gasteiger partial charge in [-0.15, -0.1) is 0 Å². The van der Waals surface area contributed by atoms with Crippen LogP contribution in [0.1, 0.15) is 46.5 Å². The highest BCUT2D eigenvalue weighted by molar-refractivity contribution is 5.17. The maximum absolute atomic E-state index is 4.09. The van der Waals surface area contributed by atoms with Crippen LogP contribution in [0.25, 0.3) is 0 Å². The first-order valence-corrected chi connectivity index (χ1v) is 6.11. The van der Waals surface area contributed by atoms with E-state index in [0.717, 1.165) is 18.8 Å². The molecule has 1 atom stereocenters. The molecule has 0 heteroatoms. The number of rotatable bonds is 1. The van der Waals surface area contributed by atoms with Crippen molar-refractivity contribution in [3.05, 3.63) is 36.0 Å². The molecule has 0 aromatic rings. The minimum Gasteiger partial charge on any atom is -0.0958 e. The van der Waals surface area contributed by atoms with Crippen molar-refractivity contribution in [1.29, 1.82) is 0 Å². The molecule has 0 amide bonds. The van der Waals surface area contributed by atoms with Crippen LogP contribution < -0.4 is 0 Å².